The van der Waals surface area contributed by atoms with Crippen LogP contribution in [0.1, 0.15) is 13.3 Å². The zero-order valence-corrected chi connectivity index (χ0v) is 14.0. The number of amides is 1. The molecule has 1 saturated heterocycles. The van der Waals surface area contributed by atoms with Crippen molar-refractivity contribution in [2.24, 2.45) is 4.99 Å². The van der Waals surface area contributed by atoms with Gasteiger partial charge in [0.25, 0.3) is 0 Å². The van der Waals surface area contributed by atoms with Crippen molar-refractivity contribution in [3.63, 3.8) is 0 Å². The maximum Gasteiger partial charge on any atom is 0.243 e. The monoisotopic (exact) mass is 316 g/mol. The topological polar surface area (TPSA) is 84.4 Å². The zero-order chi connectivity index (χ0) is 16.4. The molecule has 0 atom stereocenters. The van der Waals surface area contributed by atoms with Gasteiger partial charge in [-0.1, -0.05) is 0 Å². The Bertz CT molecular complexity index is 368. The summed E-state index contributed by atoms with van der Waals surface area (Å²) in [6.07, 6.45) is 0.694. The van der Waals surface area contributed by atoms with Crippen LogP contribution in [0, 0.1) is 0 Å². The van der Waals surface area contributed by atoms with Crippen LogP contribution in [0.25, 0.3) is 0 Å². The second kappa shape index (κ2) is 9.60. The Morgan fingerprint density at radius 2 is 1.91 bits per heavy atom. The molecule has 8 nitrogen and oxygen atoms in total. The molecule has 1 fully saturated rings. The number of carbonyl (C=O) groups is 1. The lowest BCUT2D eigenvalue weighted by molar-refractivity contribution is -0.145. The number of hydrogen-bond donors (Lipinski definition) is 2. The number of aliphatic imine (C=N–C) groups is 1. The van der Waals surface area contributed by atoms with E-state index in [1.165, 1.54) is 4.90 Å². The van der Waals surface area contributed by atoms with E-state index in [0.717, 1.165) is 0 Å². The van der Waals surface area contributed by atoms with E-state index >= 15 is 0 Å². The Labute approximate surface area is 132 Å². The summed E-state index contributed by atoms with van der Waals surface area (Å²) >= 11 is 0. The van der Waals surface area contributed by atoms with Gasteiger partial charge in [-0.15, -0.1) is 0 Å². The fraction of sp³-hybridized carbons (Fsp3) is 0.857. The van der Waals surface area contributed by atoms with Gasteiger partial charge in [0.2, 0.25) is 5.91 Å². The molecule has 1 aliphatic heterocycles. The molecule has 0 saturated carbocycles. The van der Waals surface area contributed by atoms with Crippen LogP contribution in [0.3, 0.4) is 0 Å². The quantitative estimate of drug-likeness (QED) is 0.354. The third kappa shape index (κ3) is 7.06. The lowest BCUT2D eigenvalue weighted by atomic mass is 10.2. The molecule has 1 rings (SSSR count). The summed E-state index contributed by atoms with van der Waals surface area (Å²) in [4.78, 5) is 17.4. The minimum Gasteiger partial charge on any atom is -0.383 e. The number of methoxy groups -OCH3 is 1. The summed E-state index contributed by atoms with van der Waals surface area (Å²) in [7, 11) is 5.05. The molecule has 2 N–H and O–H groups in total. The van der Waals surface area contributed by atoms with Gasteiger partial charge in [-0.05, 0) is 6.92 Å². The second-order valence-electron chi connectivity index (χ2n) is 5.38. The average molecular weight is 316 g/mol. The van der Waals surface area contributed by atoms with Crippen LogP contribution in [-0.2, 0) is 19.0 Å². The Hall–Kier alpha value is -1.38. The first-order valence-electron chi connectivity index (χ1n) is 7.46. The number of guanidine groups is 1. The van der Waals surface area contributed by atoms with Crippen molar-refractivity contribution in [2.75, 3.05) is 60.7 Å². The predicted octanol–water partition coefficient (Wildman–Crippen LogP) is -0.591. The first kappa shape index (κ1) is 18.7. The summed E-state index contributed by atoms with van der Waals surface area (Å²) in [6.45, 7) is 5.08. The zero-order valence-electron chi connectivity index (χ0n) is 14.0. The van der Waals surface area contributed by atoms with Crippen molar-refractivity contribution in [3.8, 4) is 0 Å². The molecule has 1 heterocycles. The minimum absolute atomic E-state index is 0.0535. The SMILES string of the molecule is COCCNC(=NCC(=O)N(C)C)NCCC1(C)OCCO1. The number of nitrogens with one attached hydrogen (secondary N) is 2. The van der Waals surface area contributed by atoms with E-state index in [-0.39, 0.29) is 12.5 Å². The van der Waals surface area contributed by atoms with Crippen LogP contribution in [0.15, 0.2) is 4.99 Å². The summed E-state index contributed by atoms with van der Waals surface area (Å²) < 4.78 is 16.1. The molecule has 0 unspecified atom stereocenters. The largest absolute Gasteiger partial charge is 0.383 e. The molecule has 0 aromatic rings. The van der Waals surface area contributed by atoms with Crippen molar-refractivity contribution in [2.45, 2.75) is 19.1 Å². The van der Waals surface area contributed by atoms with Gasteiger partial charge < -0.3 is 29.7 Å². The van der Waals surface area contributed by atoms with Gasteiger partial charge in [0, 0.05) is 40.7 Å². The highest BCUT2D eigenvalue weighted by atomic mass is 16.7. The number of hydrogen-bond acceptors (Lipinski definition) is 5. The summed E-state index contributed by atoms with van der Waals surface area (Å²) in [5.74, 6) is -0.0134. The van der Waals surface area contributed by atoms with Gasteiger partial charge in [0.05, 0.1) is 19.8 Å². The fourth-order valence-corrected chi connectivity index (χ4v) is 1.84. The Morgan fingerprint density at radius 3 is 2.50 bits per heavy atom. The minimum atomic E-state index is -0.538. The van der Waals surface area contributed by atoms with E-state index < -0.39 is 5.79 Å². The highest BCUT2D eigenvalue weighted by molar-refractivity contribution is 5.84. The maximum atomic E-state index is 11.6. The van der Waals surface area contributed by atoms with Gasteiger partial charge in [-0.2, -0.15) is 0 Å². The van der Waals surface area contributed by atoms with Crippen LogP contribution in [-0.4, -0.2) is 83.2 Å². The van der Waals surface area contributed by atoms with Crippen LogP contribution in [0.2, 0.25) is 0 Å². The molecule has 0 radical (unpaired) electrons. The second-order valence-corrected chi connectivity index (χ2v) is 5.38. The van der Waals surface area contributed by atoms with Crippen molar-refractivity contribution in [1.29, 1.82) is 0 Å². The molecular formula is C14H28N4O4. The van der Waals surface area contributed by atoms with Crippen molar-refractivity contribution < 1.29 is 19.0 Å². The van der Waals surface area contributed by atoms with Gasteiger partial charge >= 0.3 is 0 Å². The standard InChI is InChI=1S/C14H28N4O4/c1-14(21-9-10-22-14)5-6-15-13(16-7-8-20-4)17-11-12(19)18(2)3/h5-11H2,1-4H3,(H2,15,16,17). The number of nitrogens with zero attached hydrogens (tertiary/aromatic N) is 2. The smallest absolute Gasteiger partial charge is 0.243 e. The number of rotatable bonds is 8. The third-order valence-electron chi connectivity index (χ3n) is 3.24. The predicted molar refractivity (Wildman–Crippen MR) is 83.8 cm³/mol. The van der Waals surface area contributed by atoms with E-state index in [9.17, 15) is 4.79 Å². The van der Waals surface area contributed by atoms with Gasteiger partial charge in [-0.3, -0.25) is 4.79 Å². The molecule has 1 amide bonds. The fourth-order valence-electron chi connectivity index (χ4n) is 1.84. The van der Waals surface area contributed by atoms with Crippen molar-refractivity contribution in [1.82, 2.24) is 15.5 Å². The number of likely N-dealkylation sites (N-methyl/N-ethyl adjacent to an activating group) is 1. The highest BCUT2D eigenvalue weighted by Gasteiger charge is 2.30. The molecule has 0 bridgehead atoms. The summed E-state index contributed by atoms with van der Waals surface area (Å²) in [5.41, 5.74) is 0. The Balaban J connectivity index is 2.42. The van der Waals surface area contributed by atoms with Crippen LogP contribution >= 0.6 is 0 Å². The third-order valence-corrected chi connectivity index (χ3v) is 3.24. The molecule has 8 heteroatoms. The first-order valence-corrected chi connectivity index (χ1v) is 7.46. The lowest BCUT2D eigenvalue weighted by Gasteiger charge is -2.23. The first-order chi connectivity index (χ1) is 10.5. The number of carbonyl (C=O) groups excluding carboxylic acids is 1. The van der Waals surface area contributed by atoms with E-state index in [0.29, 0.717) is 45.3 Å². The van der Waals surface area contributed by atoms with Gasteiger partial charge in [-0.25, -0.2) is 4.99 Å². The van der Waals surface area contributed by atoms with Crippen molar-refractivity contribution >= 4 is 11.9 Å². The summed E-state index contributed by atoms with van der Waals surface area (Å²) in [5, 5.41) is 6.29. The van der Waals surface area contributed by atoms with Crippen molar-refractivity contribution in [3.05, 3.63) is 0 Å². The molecule has 1 aliphatic rings. The number of ether oxygens (including phenoxy) is 3. The molecule has 128 valence electrons. The lowest BCUT2D eigenvalue weighted by Crippen LogP contribution is -2.42. The normalized spacial score (nSPS) is 17.4. The highest BCUT2D eigenvalue weighted by Crippen LogP contribution is 2.21. The molecular weight excluding hydrogens is 288 g/mol. The van der Waals surface area contributed by atoms with Gasteiger partial charge in [0.15, 0.2) is 11.7 Å². The van der Waals surface area contributed by atoms with E-state index in [1.54, 1.807) is 21.2 Å². The Kier molecular flexibility index (Phi) is 8.15. The average Bonchev–Trinajstić information content (AvgIpc) is 2.90. The van der Waals surface area contributed by atoms with Crippen LogP contribution in [0.4, 0.5) is 0 Å². The molecule has 0 aliphatic carbocycles. The van der Waals surface area contributed by atoms with Crippen LogP contribution in [0.5, 0.6) is 0 Å². The van der Waals surface area contributed by atoms with Crippen LogP contribution < -0.4 is 10.6 Å². The molecule has 0 aromatic heterocycles. The van der Waals surface area contributed by atoms with E-state index in [2.05, 4.69) is 15.6 Å². The Morgan fingerprint density at radius 1 is 1.27 bits per heavy atom. The molecule has 0 aromatic carbocycles. The molecule has 0 spiro atoms. The van der Waals surface area contributed by atoms with E-state index in [4.69, 9.17) is 14.2 Å². The molecule has 22 heavy (non-hydrogen) atoms. The van der Waals surface area contributed by atoms with Gasteiger partial charge in [0.1, 0.15) is 6.54 Å². The van der Waals surface area contributed by atoms with E-state index in [1.807, 2.05) is 6.92 Å². The summed E-state index contributed by atoms with van der Waals surface area (Å²) in [6, 6.07) is 0. The maximum absolute atomic E-state index is 11.6.